The molecule has 0 aliphatic rings. The fourth-order valence-electron chi connectivity index (χ4n) is 1.13. The molecule has 0 radical (unpaired) electrons. The number of halogens is 1. The Kier molecular flexibility index (Phi) is 3.49. The first-order valence-corrected chi connectivity index (χ1v) is 4.85. The van der Waals surface area contributed by atoms with Gasteiger partial charge in [-0.05, 0) is 31.2 Å². The van der Waals surface area contributed by atoms with Crippen LogP contribution in [0.3, 0.4) is 0 Å². The molecule has 14 heavy (non-hydrogen) atoms. The molecule has 1 heterocycles. The Morgan fingerprint density at radius 1 is 1.21 bits per heavy atom. The van der Waals surface area contributed by atoms with Crippen molar-refractivity contribution < 1.29 is 5.11 Å². The summed E-state index contributed by atoms with van der Waals surface area (Å²) in [5.74, 6) is 0.288. The lowest BCUT2D eigenvalue weighted by Crippen LogP contribution is -1.76. The summed E-state index contributed by atoms with van der Waals surface area (Å²) < 4.78 is 0. The molecule has 0 saturated carbocycles. The number of aryl methyl sites for hydroxylation is 1. The zero-order chi connectivity index (χ0) is 9.26. The van der Waals surface area contributed by atoms with Crippen molar-refractivity contribution in [3.8, 4) is 17.0 Å². The summed E-state index contributed by atoms with van der Waals surface area (Å²) in [5.41, 5.74) is 2.02. The van der Waals surface area contributed by atoms with E-state index in [0.29, 0.717) is 0 Å². The second kappa shape index (κ2) is 4.44. The molecule has 0 bridgehead atoms. The lowest BCUT2D eigenvalue weighted by atomic mass is 10.2. The molecule has 0 atom stereocenters. The number of hydrogen-bond acceptors (Lipinski definition) is 3. The van der Waals surface area contributed by atoms with Gasteiger partial charge in [-0.2, -0.15) is 0 Å². The number of rotatable bonds is 1. The van der Waals surface area contributed by atoms with Crippen LogP contribution in [0, 0.1) is 6.92 Å². The Bertz CT molecular complexity index is 410. The van der Waals surface area contributed by atoms with Crippen molar-refractivity contribution in [3.63, 3.8) is 0 Å². The van der Waals surface area contributed by atoms with Crippen molar-refractivity contribution in [3.05, 3.63) is 34.7 Å². The lowest BCUT2D eigenvalue weighted by Gasteiger charge is -1.95. The minimum absolute atomic E-state index is 0. The van der Waals surface area contributed by atoms with Gasteiger partial charge in [0.05, 0.1) is 10.7 Å². The van der Waals surface area contributed by atoms with Crippen LogP contribution in [0.15, 0.2) is 29.6 Å². The van der Waals surface area contributed by atoms with Crippen LogP contribution in [0.4, 0.5) is 0 Å². The molecule has 2 aromatic rings. The number of hydrogen-bond donors (Lipinski definition) is 1. The van der Waals surface area contributed by atoms with Gasteiger partial charge in [-0.3, -0.25) is 0 Å². The van der Waals surface area contributed by atoms with Crippen LogP contribution in [0.2, 0.25) is 0 Å². The zero-order valence-corrected chi connectivity index (χ0v) is 9.23. The van der Waals surface area contributed by atoms with Crippen molar-refractivity contribution >= 4 is 23.7 Å². The fourth-order valence-corrected chi connectivity index (χ4v) is 1.75. The molecule has 1 aromatic carbocycles. The van der Waals surface area contributed by atoms with Crippen LogP contribution >= 0.6 is 23.7 Å². The number of phenols is 1. The molecular formula is C10H10ClNOS. The van der Waals surface area contributed by atoms with E-state index in [9.17, 15) is 0 Å². The Hall–Kier alpha value is -1.06. The average Bonchev–Trinajstić information content (AvgIpc) is 2.53. The number of thiazole rings is 1. The molecule has 0 spiro atoms. The molecule has 0 aliphatic heterocycles. The van der Waals surface area contributed by atoms with E-state index in [1.54, 1.807) is 23.5 Å². The maximum atomic E-state index is 9.09. The van der Waals surface area contributed by atoms with Crippen LogP contribution in [0.25, 0.3) is 11.3 Å². The van der Waals surface area contributed by atoms with Crippen molar-refractivity contribution in [1.82, 2.24) is 4.98 Å². The molecule has 0 unspecified atom stereocenters. The van der Waals surface area contributed by atoms with E-state index in [2.05, 4.69) is 4.98 Å². The summed E-state index contributed by atoms with van der Waals surface area (Å²) in [5, 5.41) is 12.2. The van der Waals surface area contributed by atoms with Crippen LogP contribution in [-0.4, -0.2) is 10.1 Å². The number of nitrogens with zero attached hydrogens (tertiary/aromatic N) is 1. The lowest BCUT2D eigenvalue weighted by molar-refractivity contribution is 0.475. The Morgan fingerprint density at radius 3 is 2.36 bits per heavy atom. The summed E-state index contributed by atoms with van der Waals surface area (Å²) in [6.45, 7) is 1.98. The van der Waals surface area contributed by atoms with Crippen molar-refractivity contribution in [2.24, 2.45) is 0 Å². The molecular weight excluding hydrogens is 218 g/mol. The van der Waals surface area contributed by atoms with E-state index < -0.39 is 0 Å². The monoisotopic (exact) mass is 227 g/mol. The van der Waals surface area contributed by atoms with Gasteiger partial charge in [0.1, 0.15) is 5.75 Å². The molecule has 0 aliphatic carbocycles. The Morgan fingerprint density at radius 2 is 1.86 bits per heavy atom. The highest BCUT2D eigenvalue weighted by Gasteiger charge is 2.00. The third-order valence-corrected chi connectivity index (χ3v) is 2.56. The fraction of sp³-hybridized carbons (Fsp3) is 0.100. The van der Waals surface area contributed by atoms with E-state index in [-0.39, 0.29) is 18.2 Å². The summed E-state index contributed by atoms with van der Waals surface area (Å²) in [6, 6.07) is 7.07. The first kappa shape index (κ1) is 11.0. The molecule has 0 fully saturated rings. The second-order valence-electron chi connectivity index (χ2n) is 2.80. The van der Waals surface area contributed by atoms with Gasteiger partial charge in [0.25, 0.3) is 0 Å². The molecule has 2 rings (SSSR count). The van der Waals surface area contributed by atoms with Crippen LogP contribution in [-0.2, 0) is 0 Å². The molecule has 0 saturated heterocycles. The van der Waals surface area contributed by atoms with E-state index in [0.717, 1.165) is 16.3 Å². The number of phenolic OH excluding ortho intramolecular Hbond substituents is 1. The SMILES string of the molecule is Cc1nc(-c2ccc(O)cc2)cs1.Cl. The number of benzene rings is 1. The van der Waals surface area contributed by atoms with Crippen molar-refractivity contribution in [2.45, 2.75) is 6.92 Å². The highest BCUT2D eigenvalue weighted by Crippen LogP contribution is 2.22. The minimum atomic E-state index is 0. The normalized spacial score (nSPS) is 9.50. The summed E-state index contributed by atoms with van der Waals surface area (Å²) >= 11 is 1.63. The summed E-state index contributed by atoms with van der Waals surface area (Å²) in [6.07, 6.45) is 0. The predicted molar refractivity (Wildman–Crippen MR) is 61.2 cm³/mol. The molecule has 4 heteroatoms. The van der Waals surface area contributed by atoms with Gasteiger partial charge < -0.3 is 5.11 Å². The maximum Gasteiger partial charge on any atom is 0.115 e. The van der Waals surface area contributed by atoms with Gasteiger partial charge in [-0.15, -0.1) is 23.7 Å². The minimum Gasteiger partial charge on any atom is -0.508 e. The molecule has 74 valence electrons. The first-order valence-electron chi connectivity index (χ1n) is 3.97. The molecule has 2 nitrogen and oxygen atoms in total. The van der Waals surface area contributed by atoms with Gasteiger partial charge in [-0.1, -0.05) is 0 Å². The molecule has 0 amide bonds. The third kappa shape index (κ3) is 2.25. The quantitative estimate of drug-likeness (QED) is 0.812. The van der Waals surface area contributed by atoms with Gasteiger partial charge in [0.15, 0.2) is 0 Å². The molecule has 1 N–H and O–H groups in total. The second-order valence-corrected chi connectivity index (χ2v) is 3.86. The van der Waals surface area contributed by atoms with Crippen molar-refractivity contribution in [1.29, 1.82) is 0 Å². The predicted octanol–water partition coefficient (Wildman–Crippen LogP) is 3.25. The van der Waals surface area contributed by atoms with E-state index in [1.165, 1.54) is 0 Å². The summed E-state index contributed by atoms with van der Waals surface area (Å²) in [7, 11) is 0. The molecule has 1 aromatic heterocycles. The Labute approximate surface area is 92.7 Å². The standard InChI is InChI=1S/C10H9NOS.ClH/c1-7-11-10(6-13-7)8-2-4-9(12)5-3-8;/h2-6,12H,1H3;1H. The maximum absolute atomic E-state index is 9.09. The van der Waals surface area contributed by atoms with E-state index in [4.69, 9.17) is 5.11 Å². The van der Waals surface area contributed by atoms with Crippen LogP contribution in [0.5, 0.6) is 5.75 Å². The largest absolute Gasteiger partial charge is 0.508 e. The number of aromatic nitrogens is 1. The Balaban J connectivity index is 0.000000980. The topological polar surface area (TPSA) is 33.1 Å². The van der Waals surface area contributed by atoms with Gasteiger partial charge in [0, 0.05) is 10.9 Å². The zero-order valence-electron chi connectivity index (χ0n) is 7.60. The van der Waals surface area contributed by atoms with Crippen LogP contribution in [0.1, 0.15) is 5.01 Å². The average molecular weight is 228 g/mol. The first-order chi connectivity index (χ1) is 6.25. The summed E-state index contributed by atoms with van der Waals surface area (Å²) in [4.78, 5) is 4.35. The van der Waals surface area contributed by atoms with Gasteiger partial charge in [0.2, 0.25) is 0 Å². The third-order valence-electron chi connectivity index (χ3n) is 1.78. The van der Waals surface area contributed by atoms with Crippen molar-refractivity contribution in [2.75, 3.05) is 0 Å². The van der Waals surface area contributed by atoms with Gasteiger partial charge >= 0.3 is 0 Å². The number of aromatic hydroxyl groups is 1. The van der Waals surface area contributed by atoms with Crippen LogP contribution < -0.4 is 0 Å². The highest BCUT2D eigenvalue weighted by atomic mass is 35.5. The highest BCUT2D eigenvalue weighted by molar-refractivity contribution is 7.09. The smallest absolute Gasteiger partial charge is 0.115 e. The van der Waals surface area contributed by atoms with E-state index >= 15 is 0 Å². The van der Waals surface area contributed by atoms with E-state index in [1.807, 2.05) is 24.4 Å². The van der Waals surface area contributed by atoms with Gasteiger partial charge in [-0.25, -0.2) is 4.98 Å².